The van der Waals surface area contributed by atoms with E-state index < -0.39 is 5.97 Å². The van der Waals surface area contributed by atoms with Crippen LogP contribution in [0.1, 0.15) is 35.1 Å². The van der Waals surface area contributed by atoms with Gasteiger partial charge in [0, 0.05) is 31.6 Å². The van der Waals surface area contributed by atoms with Crippen LogP contribution < -0.4 is 0 Å². The van der Waals surface area contributed by atoms with Crippen molar-refractivity contribution in [1.29, 1.82) is 0 Å². The maximum atomic E-state index is 13.8. The lowest BCUT2D eigenvalue weighted by molar-refractivity contribution is 0.0697. The lowest BCUT2D eigenvalue weighted by atomic mass is 9.99. The van der Waals surface area contributed by atoms with E-state index in [1.807, 2.05) is 60.1 Å². The summed E-state index contributed by atoms with van der Waals surface area (Å²) in [5, 5.41) is 9.58. The Bertz CT molecular complexity index is 1850. The molecule has 0 amide bonds. The van der Waals surface area contributed by atoms with E-state index in [-0.39, 0.29) is 11.4 Å². The van der Waals surface area contributed by atoms with Gasteiger partial charge in [-0.15, -0.1) is 0 Å². The summed E-state index contributed by atoms with van der Waals surface area (Å²) in [5.41, 5.74) is 7.29. The van der Waals surface area contributed by atoms with Crippen LogP contribution in [0.4, 0.5) is 4.39 Å². The number of benzene rings is 4. The Labute approximate surface area is 225 Å². The Hall–Kier alpha value is -4.78. The largest absolute Gasteiger partial charge is 0.478 e. The molecule has 0 radical (unpaired) electrons. The highest BCUT2D eigenvalue weighted by Gasteiger charge is 2.16. The lowest BCUT2D eigenvalue weighted by Crippen LogP contribution is -2.05. The van der Waals surface area contributed by atoms with Gasteiger partial charge < -0.3 is 14.2 Å². The summed E-state index contributed by atoms with van der Waals surface area (Å²) in [4.78, 5) is 21.3. The van der Waals surface area contributed by atoms with E-state index in [1.165, 1.54) is 12.1 Å². The third kappa shape index (κ3) is 4.46. The maximum Gasteiger partial charge on any atom is 0.336 e. The number of carboxylic acid groups (broad SMARTS) is 1. The second-order valence-electron chi connectivity index (χ2n) is 9.74. The molecule has 0 saturated heterocycles. The van der Waals surface area contributed by atoms with Crippen LogP contribution in [0.15, 0.2) is 84.9 Å². The minimum atomic E-state index is -0.940. The van der Waals surface area contributed by atoms with E-state index >= 15 is 0 Å². The predicted molar refractivity (Wildman–Crippen MR) is 151 cm³/mol. The van der Waals surface area contributed by atoms with Crippen molar-refractivity contribution in [3.8, 4) is 22.5 Å². The van der Waals surface area contributed by atoms with Gasteiger partial charge in [0.25, 0.3) is 0 Å². The van der Waals surface area contributed by atoms with E-state index in [1.54, 1.807) is 18.2 Å². The standard InChI is InChI=1S/C32H27FN4O2/c1-3-6-30-34-26-15-13-22(31-35-27-18-23(33)14-16-28(27)36(31)2)17-29(26)37(30)19-20-9-11-21(12-10-20)24-7-4-5-8-25(24)32(38)39/h4-5,7-18H,3,6,19H2,1-2H3,(H,38,39). The minimum Gasteiger partial charge on any atom is -0.478 e. The van der Waals surface area contributed by atoms with Gasteiger partial charge in [0.2, 0.25) is 0 Å². The number of hydrogen-bond donors (Lipinski definition) is 1. The van der Waals surface area contributed by atoms with Crippen LogP contribution in [0.5, 0.6) is 0 Å². The second-order valence-corrected chi connectivity index (χ2v) is 9.74. The molecule has 39 heavy (non-hydrogen) atoms. The molecule has 194 valence electrons. The van der Waals surface area contributed by atoms with Gasteiger partial charge in [0.15, 0.2) is 0 Å². The van der Waals surface area contributed by atoms with Crippen molar-refractivity contribution in [3.05, 3.63) is 108 Å². The Morgan fingerprint density at radius 3 is 2.41 bits per heavy atom. The van der Waals surface area contributed by atoms with E-state index in [9.17, 15) is 14.3 Å². The zero-order valence-corrected chi connectivity index (χ0v) is 21.7. The number of carbonyl (C=O) groups is 1. The SMILES string of the molecule is CCCc1nc2ccc(-c3nc4cc(F)ccc4n3C)cc2n1Cc1ccc(-c2ccccc2C(=O)O)cc1. The molecule has 6 nitrogen and oxygen atoms in total. The summed E-state index contributed by atoms with van der Waals surface area (Å²) in [6.45, 7) is 2.77. The van der Waals surface area contributed by atoms with Crippen LogP contribution in [-0.4, -0.2) is 30.2 Å². The summed E-state index contributed by atoms with van der Waals surface area (Å²) in [6.07, 6.45) is 1.82. The molecule has 1 N–H and O–H groups in total. The van der Waals surface area contributed by atoms with Crippen molar-refractivity contribution < 1.29 is 14.3 Å². The molecule has 6 rings (SSSR count). The first-order valence-electron chi connectivity index (χ1n) is 13.0. The molecule has 0 fully saturated rings. The van der Waals surface area contributed by atoms with Crippen LogP contribution in [0.25, 0.3) is 44.6 Å². The quantitative estimate of drug-likeness (QED) is 0.245. The normalized spacial score (nSPS) is 11.5. The zero-order valence-electron chi connectivity index (χ0n) is 21.7. The molecule has 6 aromatic rings. The van der Waals surface area contributed by atoms with E-state index in [0.29, 0.717) is 17.6 Å². The zero-order chi connectivity index (χ0) is 27.1. The van der Waals surface area contributed by atoms with Crippen molar-refractivity contribution in [2.24, 2.45) is 7.05 Å². The molecular formula is C32H27FN4O2. The topological polar surface area (TPSA) is 72.9 Å². The monoisotopic (exact) mass is 518 g/mol. The highest BCUT2D eigenvalue weighted by atomic mass is 19.1. The lowest BCUT2D eigenvalue weighted by Gasteiger charge is -2.11. The molecule has 0 unspecified atom stereocenters. The Morgan fingerprint density at radius 1 is 0.872 bits per heavy atom. The number of aryl methyl sites for hydroxylation is 2. The van der Waals surface area contributed by atoms with Crippen molar-refractivity contribution in [1.82, 2.24) is 19.1 Å². The number of imidazole rings is 2. The van der Waals surface area contributed by atoms with Crippen molar-refractivity contribution in [2.75, 3.05) is 0 Å². The number of nitrogens with zero attached hydrogens (tertiary/aromatic N) is 4. The van der Waals surface area contributed by atoms with Gasteiger partial charge in [-0.1, -0.05) is 49.4 Å². The predicted octanol–water partition coefficient (Wildman–Crippen LogP) is 7.10. The first kappa shape index (κ1) is 24.6. The van der Waals surface area contributed by atoms with E-state index in [4.69, 9.17) is 9.97 Å². The van der Waals surface area contributed by atoms with E-state index in [0.717, 1.165) is 57.7 Å². The minimum absolute atomic E-state index is 0.285. The highest BCUT2D eigenvalue weighted by molar-refractivity contribution is 5.96. The molecule has 0 atom stereocenters. The van der Waals surface area contributed by atoms with Crippen molar-refractivity contribution in [3.63, 3.8) is 0 Å². The Balaban J connectivity index is 1.39. The number of hydrogen-bond acceptors (Lipinski definition) is 3. The molecule has 0 bridgehead atoms. The van der Waals surface area contributed by atoms with Gasteiger partial charge in [-0.2, -0.15) is 0 Å². The van der Waals surface area contributed by atoms with Gasteiger partial charge in [-0.25, -0.2) is 19.2 Å². The number of aromatic nitrogens is 4. The van der Waals surface area contributed by atoms with Crippen molar-refractivity contribution >= 4 is 28.0 Å². The molecular weight excluding hydrogens is 491 g/mol. The number of fused-ring (bicyclic) bond motifs is 2. The fourth-order valence-corrected chi connectivity index (χ4v) is 5.23. The summed E-state index contributed by atoms with van der Waals surface area (Å²) in [5.74, 6) is 0.536. The Kier molecular flexibility index (Phi) is 6.19. The maximum absolute atomic E-state index is 13.8. The molecule has 4 aromatic carbocycles. The first-order valence-corrected chi connectivity index (χ1v) is 13.0. The molecule has 0 spiro atoms. The molecule has 2 aromatic heterocycles. The summed E-state index contributed by atoms with van der Waals surface area (Å²) < 4.78 is 18.0. The third-order valence-corrected chi connectivity index (χ3v) is 7.17. The van der Waals surface area contributed by atoms with Gasteiger partial charge in [-0.05, 0) is 59.5 Å². The molecule has 0 aliphatic carbocycles. The van der Waals surface area contributed by atoms with Gasteiger partial charge in [0.05, 0.1) is 27.6 Å². The highest BCUT2D eigenvalue weighted by Crippen LogP contribution is 2.29. The van der Waals surface area contributed by atoms with Gasteiger partial charge in [-0.3, -0.25) is 0 Å². The fraction of sp³-hybridized carbons (Fsp3) is 0.156. The number of rotatable bonds is 7. The molecule has 7 heteroatoms. The van der Waals surface area contributed by atoms with Crippen LogP contribution in [-0.2, 0) is 20.0 Å². The molecule has 0 aliphatic heterocycles. The third-order valence-electron chi connectivity index (χ3n) is 7.17. The van der Waals surface area contributed by atoms with Crippen LogP contribution in [0.3, 0.4) is 0 Å². The summed E-state index contributed by atoms with van der Waals surface area (Å²) in [7, 11) is 1.94. The van der Waals surface area contributed by atoms with Crippen LogP contribution in [0.2, 0.25) is 0 Å². The molecule has 0 aliphatic rings. The fourth-order valence-electron chi connectivity index (χ4n) is 5.23. The number of aromatic carboxylic acids is 1. The Morgan fingerprint density at radius 2 is 1.64 bits per heavy atom. The van der Waals surface area contributed by atoms with E-state index in [2.05, 4.69) is 17.6 Å². The smallest absolute Gasteiger partial charge is 0.336 e. The average molecular weight is 519 g/mol. The number of halogens is 1. The first-order chi connectivity index (χ1) is 18.9. The second kappa shape index (κ2) is 9.83. The summed E-state index contributed by atoms with van der Waals surface area (Å²) >= 11 is 0. The van der Waals surface area contributed by atoms with Crippen LogP contribution in [0, 0.1) is 5.82 Å². The average Bonchev–Trinajstić information content (AvgIpc) is 3.45. The van der Waals surface area contributed by atoms with Crippen LogP contribution >= 0.6 is 0 Å². The molecule has 0 saturated carbocycles. The van der Waals surface area contributed by atoms with Gasteiger partial charge in [0.1, 0.15) is 17.5 Å². The van der Waals surface area contributed by atoms with Crippen molar-refractivity contribution in [2.45, 2.75) is 26.3 Å². The molecule has 2 heterocycles. The number of carboxylic acids is 1. The summed E-state index contributed by atoms with van der Waals surface area (Å²) in [6, 6.07) is 25.9. The van der Waals surface area contributed by atoms with Gasteiger partial charge >= 0.3 is 5.97 Å².